The van der Waals surface area contributed by atoms with Gasteiger partial charge in [0.05, 0.1) is 5.60 Å². The number of rotatable bonds is 4. The van der Waals surface area contributed by atoms with Gasteiger partial charge in [-0.1, -0.05) is 20.8 Å². The predicted molar refractivity (Wildman–Crippen MR) is 77.0 cm³/mol. The predicted octanol–water partition coefficient (Wildman–Crippen LogP) is 2.16. The van der Waals surface area contributed by atoms with Gasteiger partial charge in [-0.15, -0.1) is 0 Å². The summed E-state index contributed by atoms with van der Waals surface area (Å²) in [5, 5.41) is 6.70. The second-order valence-electron chi connectivity index (χ2n) is 6.57. The van der Waals surface area contributed by atoms with Crippen molar-refractivity contribution in [3.63, 3.8) is 0 Å². The van der Waals surface area contributed by atoms with Crippen LogP contribution < -0.4 is 10.6 Å². The molecule has 4 nitrogen and oxygen atoms in total. The summed E-state index contributed by atoms with van der Waals surface area (Å²) < 4.78 is 5.75. The average molecular weight is 255 g/mol. The van der Waals surface area contributed by atoms with Crippen LogP contribution in [0.15, 0.2) is 4.99 Å². The van der Waals surface area contributed by atoms with Gasteiger partial charge in [0.1, 0.15) is 0 Å². The maximum Gasteiger partial charge on any atom is 0.191 e. The Labute approximate surface area is 112 Å². The van der Waals surface area contributed by atoms with Crippen molar-refractivity contribution in [2.45, 2.75) is 52.6 Å². The molecule has 0 amide bonds. The van der Waals surface area contributed by atoms with E-state index < -0.39 is 0 Å². The molecule has 1 saturated heterocycles. The summed E-state index contributed by atoms with van der Waals surface area (Å²) in [6.07, 6.45) is 3.41. The van der Waals surface area contributed by atoms with Crippen molar-refractivity contribution in [3.8, 4) is 0 Å². The lowest BCUT2D eigenvalue weighted by molar-refractivity contribution is 0.0243. The van der Waals surface area contributed by atoms with E-state index in [1.807, 2.05) is 7.05 Å². The zero-order chi connectivity index (χ0) is 13.6. The molecule has 0 aliphatic carbocycles. The molecule has 1 aliphatic heterocycles. The number of hydrogen-bond acceptors (Lipinski definition) is 2. The highest BCUT2D eigenvalue weighted by molar-refractivity contribution is 5.79. The largest absolute Gasteiger partial charge is 0.373 e. The number of hydrogen-bond donors (Lipinski definition) is 2. The standard InChI is InChI=1S/C14H29N3O/c1-13(2,3)8-9-16-12(15-5)17-11-14(4)7-6-10-18-14/h6-11H2,1-5H3,(H2,15,16,17). The summed E-state index contributed by atoms with van der Waals surface area (Å²) in [6.45, 7) is 11.6. The Balaban J connectivity index is 2.26. The van der Waals surface area contributed by atoms with Crippen LogP contribution in [-0.2, 0) is 4.74 Å². The quantitative estimate of drug-likeness (QED) is 0.598. The Bertz CT molecular complexity index is 275. The van der Waals surface area contributed by atoms with Gasteiger partial charge in [0.25, 0.3) is 0 Å². The fraction of sp³-hybridized carbons (Fsp3) is 0.929. The lowest BCUT2D eigenvalue weighted by Crippen LogP contribution is -2.46. The van der Waals surface area contributed by atoms with Gasteiger partial charge >= 0.3 is 0 Å². The molecule has 1 atom stereocenters. The molecule has 0 bridgehead atoms. The van der Waals surface area contributed by atoms with E-state index in [4.69, 9.17) is 4.74 Å². The maximum atomic E-state index is 5.75. The Kier molecular flexibility index (Phi) is 5.45. The van der Waals surface area contributed by atoms with Gasteiger partial charge < -0.3 is 15.4 Å². The summed E-state index contributed by atoms with van der Waals surface area (Å²) in [5.41, 5.74) is 0.327. The Morgan fingerprint density at radius 3 is 2.56 bits per heavy atom. The average Bonchev–Trinajstić information content (AvgIpc) is 2.69. The molecule has 18 heavy (non-hydrogen) atoms. The minimum absolute atomic E-state index is 0.0261. The van der Waals surface area contributed by atoms with Crippen LogP contribution >= 0.6 is 0 Å². The molecule has 1 rings (SSSR count). The normalized spacial score (nSPS) is 25.3. The Hall–Kier alpha value is -0.770. The van der Waals surface area contributed by atoms with Gasteiger partial charge in [-0.2, -0.15) is 0 Å². The number of nitrogens with one attached hydrogen (secondary N) is 2. The third-order valence-electron chi connectivity index (χ3n) is 3.32. The van der Waals surface area contributed by atoms with Crippen molar-refractivity contribution in [2.75, 3.05) is 26.7 Å². The Morgan fingerprint density at radius 1 is 1.33 bits per heavy atom. The van der Waals surface area contributed by atoms with E-state index in [9.17, 15) is 0 Å². The SMILES string of the molecule is CN=C(NCCC(C)(C)C)NCC1(C)CCCO1. The van der Waals surface area contributed by atoms with E-state index in [-0.39, 0.29) is 5.60 Å². The molecule has 0 saturated carbocycles. The summed E-state index contributed by atoms with van der Waals surface area (Å²) in [7, 11) is 1.81. The molecule has 1 fully saturated rings. The van der Waals surface area contributed by atoms with Crippen LogP contribution in [0.4, 0.5) is 0 Å². The van der Waals surface area contributed by atoms with Crippen LogP contribution in [0.5, 0.6) is 0 Å². The van der Waals surface area contributed by atoms with Crippen molar-refractivity contribution in [2.24, 2.45) is 10.4 Å². The maximum absolute atomic E-state index is 5.75. The molecular formula is C14H29N3O. The van der Waals surface area contributed by atoms with Crippen LogP contribution in [-0.4, -0.2) is 38.3 Å². The van der Waals surface area contributed by atoms with Crippen molar-refractivity contribution < 1.29 is 4.74 Å². The van der Waals surface area contributed by atoms with E-state index >= 15 is 0 Å². The third-order valence-corrected chi connectivity index (χ3v) is 3.32. The molecule has 1 unspecified atom stereocenters. The third kappa shape index (κ3) is 5.71. The van der Waals surface area contributed by atoms with Gasteiger partial charge in [-0.3, -0.25) is 4.99 Å². The molecule has 106 valence electrons. The first-order valence-electron chi connectivity index (χ1n) is 6.93. The zero-order valence-corrected chi connectivity index (χ0v) is 12.6. The second-order valence-corrected chi connectivity index (χ2v) is 6.57. The van der Waals surface area contributed by atoms with E-state index in [0.717, 1.165) is 44.9 Å². The van der Waals surface area contributed by atoms with Crippen molar-refractivity contribution in [3.05, 3.63) is 0 Å². The fourth-order valence-electron chi connectivity index (χ4n) is 2.02. The highest BCUT2D eigenvalue weighted by atomic mass is 16.5. The first kappa shape index (κ1) is 15.3. The van der Waals surface area contributed by atoms with Crippen molar-refractivity contribution in [1.29, 1.82) is 0 Å². The summed E-state index contributed by atoms with van der Waals surface area (Å²) >= 11 is 0. The van der Waals surface area contributed by atoms with E-state index in [2.05, 4.69) is 43.3 Å². The fourth-order valence-corrected chi connectivity index (χ4v) is 2.02. The molecule has 2 N–H and O–H groups in total. The molecular weight excluding hydrogens is 226 g/mol. The summed E-state index contributed by atoms with van der Waals surface area (Å²) in [4.78, 5) is 4.24. The topological polar surface area (TPSA) is 45.7 Å². The minimum Gasteiger partial charge on any atom is -0.373 e. The summed E-state index contributed by atoms with van der Waals surface area (Å²) in [5.74, 6) is 0.871. The first-order valence-corrected chi connectivity index (χ1v) is 6.93. The minimum atomic E-state index is -0.0261. The molecule has 0 aromatic carbocycles. The first-order chi connectivity index (χ1) is 8.35. The van der Waals surface area contributed by atoms with Crippen molar-refractivity contribution >= 4 is 5.96 Å². The van der Waals surface area contributed by atoms with E-state index in [0.29, 0.717) is 5.41 Å². The number of guanidine groups is 1. The smallest absolute Gasteiger partial charge is 0.191 e. The van der Waals surface area contributed by atoms with Crippen LogP contribution in [0.25, 0.3) is 0 Å². The van der Waals surface area contributed by atoms with Crippen molar-refractivity contribution in [1.82, 2.24) is 10.6 Å². The Morgan fingerprint density at radius 2 is 2.06 bits per heavy atom. The monoisotopic (exact) mass is 255 g/mol. The molecule has 0 radical (unpaired) electrons. The lowest BCUT2D eigenvalue weighted by atomic mass is 9.92. The van der Waals surface area contributed by atoms with Gasteiger partial charge in [-0.05, 0) is 31.6 Å². The van der Waals surface area contributed by atoms with Gasteiger partial charge in [0.15, 0.2) is 5.96 Å². The lowest BCUT2D eigenvalue weighted by Gasteiger charge is -2.25. The summed E-state index contributed by atoms with van der Waals surface area (Å²) in [6, 6.07) is 0. The van der Waals surface area contributed by atoms with Crippen LogP contribution in [0.3, 0.4) is 0 Å². The number of nitrogens with zero attached hydrogens (tertiary/aromatic N) is 1. The molecule has 4 heteroatoms. The van der Waals surface area contributed by atoms with Gasteiger partial charge in [-0.25, -0.2) is 0 Å². The highest BCUT2D eigenvalue weighted by Gasteiger charge is 2.29. The van der Waals surface area contributed by atoms with E-state index in [1.54, 1.807) is 0 Å². The number of aliphatic imine (C=N–C) groups is 1. The zero-order valence-electron chi connectivity index (χ0n) is 12.6. The molecule has 0 aromatic rings. The van der Waals surface area contributed by atoms with Gasteiger partial charge in [0.2, 0.25) is 0 Å². The number of ether oxygens (including phenoxy) is 1. The molecule has 1 aliphatic rings. The van der Waals surface area contributed by atoms with Gasteiger partial charge in [0, 0.05) is 26.7 Å². The van der Waals surface area contributed by atoms with Crippen LogP contribution in [0, 0.1) is 5.41 Å². The second kappa shape index (κ2) is 6.41. The highest BCUT2D eigenvalue weighted by Crippen LogP contribution is 2.23. The molecule has 1 heterocycles. The van der Waals surface area contributed by atoms with E-state index in [1.165, 1.54) is 0 Å². The molecule has 0 aromatic heterocycles. The van der Waals surface area contributed by atoms with Crippen LogP contribution in [0.2, 0.25) is 0 Å². The molecule has 0 spiro atoms. The van der Waals surface area contributed by atoms with Crippen LogP contribution in [0.1, 0.15) is 47.0 Å².